The van der Waals surface area contributed by atoms with Crippen molar-refractivity contribution in [2.75, 3.05) is 17.1 Å². The predicted molar refractivity (Wildman–Crippen MR) is 155 cm³/mol. The standard InChI is InChI=1S/C31H37N3O4S/c1-24-17-19-28(20-18-24)34(39(2,37)38)23-30(35)33(22-26-13-7-4-8-14-26)29(21-25-11-5-3-6-12-25)31(36)32-27-15-9-10-16-27/h3-8,11-14,17-20,27,29H,9-10,15-16,21-23H2,1-2H3,(H,32,36)/t29-/m1/s1. The number of carbonyl (C=O) groups excluding carboxylic acids is 2. The second-order valence-electron chi connectivity index (χ2n) is 10.3. The Kier molecular flexibility index (Phi) is 9.41. The molecule has 1 saturated carbocycles. The van der Waals surface area contributed by atoms with Crippen LogP contribution in [0.25, 0.3) is 0 Å². The van der Waals surface area contributed by atoms with Crippen molar-refractivity contribution in [2.45, 2.75) is 57.7 Å². The van der Waals surface area contributed by atoms with Gasteiger partial charge in [-0.15, -0.1) is 0 Å². The number of hydrogen-bond donors (Lipinski definition) is 1. The Morgan fingerprint density at radius 1 is 0.872 bits per heavy atom. The van der Waals surface area contributed by atoms with Gasteiger partial charge in [-0.3, -0.25) is 13.9 Å². The Bertz CT molecular complexity index is 1340. The van der Waals surface area contributed by atoms with Gasteiger partial charge in [0.05, 0.1) is 11.9 Å². The monoisotopic (exact) mass is 547 g/mol. The summed E-state index contributed by atoms with van der Waals surface area (Å²) in [7, 11) is -3.77. The number of nitrogens with zero attached hydrogens (tertiary/aromatic N) is 2. The summed E-state index contributed by atoms with van der Waals surface area (Å²) in [5.74, 6) is -0.649. The lowest BCUT2D eigenvalue weighted by molar-refractivity contribution is -0.140. The summed E-state index contributed by atoms with van der Waals surface area (Å²) < 4.78 is 26.8. The smallest absolute Gasteiger partial charge is 0.244 e. The van der Waals surface area contributed by atoms with Crippen LogP contribution in [0.4, 0.5) is 5.69 Å². The molecule has 0 unspecified atom stereocenters. The van der Waals surface area contributed by atoms with E-state index in [-0.39, 0.29) is 18.5 Å². The highest BCUT2D eigenvalue weighted by molar-refractivity contribution is 7.92. The minimum absolute atomic E-state index is 0.0875. The van der Waals surface area contributed by atoms with Gasteiger partial charge in [0.15, 0.2) is 0 Å². The molecule has 0 heterocycles. The van der Waals surface area contributed by atoms with Crippen LogP contribution in [0.2, 0.25) is 0 Å². The molecule has 0 aromatic heterocycles. The average Bonchev–Trinajstić information content (AvgIpc) is 3.43. The highest BCUT2D eigenvalue weighted by Gasteiger charge is 2.34. The summed E-state index contributed by atoms with van der Waals surface area (Å²) in [6.07, 6.45) is 5.40. The lowest BCUT2D eigenvalue weighted by Crippen LogP contribution is -2.54. The lowest BCUT2D eigenvalue weighted by atomic mass is 10.0. The third-order valence-electron chi connectivity index (χ3n) is 7.17. The van der Waals surface area contributed by atoms with Gasteiger partial charge in [-0.2, -0.15) is 0 Å². The first-order valence-electron chi connectivity index (χ1n) is 13.4. The van der Waals surface area contributed by atoms with Gasteiger partial charge in [0, 0.05) is 19.0 Å². The van der Waals surface area contributed by atoms with Crippen LogP contribution in [0.15, 0.2) is 84.9 Å². The number of nitrogens with one attached hydrogen (secondary N) is 1. The van der Waals surface area contributed by atoms with Crippen molar-refractivity contribution in [3.8, 4) is 0 Å². The van der Waals surface area contributed by atoms with Gasteiger partial charge in [0.2, 0.25) is 21.8 Å². The quantitative estimate of drug-likeness (QED) is 0.384. The zero-order chi connectivity index (χ0) is 27.8. The van der Waals surface area contributed by atoms with Crippen molar-refractivity contribution in [3.05, 3.63) is 102 Å². The van der Waals surface area contributed by atoms with Crippen molar-refractivity contribution in [1.82, 2.24) is 10.2 Å². The van der Waals surface area contributed by atoms with Gasteiger partial charge in [-0.1, -0.05) is 91.2 Å². The third kappa shape index (κ3) is 7.93. The van der Waals surface area contributed by atoms with Crippen LogP contribution in [-0.2, 0) is 32.6 Å². The Morgan fingerprint density at radius 3 is 2.00 bits per heavy atom. The molecule has 0 bridgehead atoms. The molecule has 7 nitrogen and oxygen atoms in total. The van der Waals surface area contributed by atoms with Crippen LogP contribution in [-0.4, -0.2) is 50.0 Å². The first-order valence-corrected chi connectivity index (χ1v) is 15.3. The van der Waals surface area contributed by atoms with Gasteiger partial charge in [-0.25, -0.2) is 8.42 Å². The SMILES string of the molecule is Cc1ccc(N(CC(=O)N(Cc2ccccc2)[C@H](Cc2ccccc2)C(=O)NC2CCCC2)S(C)(=O)=O)cc1. The molecular weight excluding hydrogens is 510 g/mol. The molecule has 39 heavy (non-hydrogen) atoms. The van der Waals surface area contributed by atoms with E-state index >= 15 is 0 Å². The molecule has 1 fully saturated rings. The van der Waals surface area contributed by atoms with E-state index in [0.29, 0.717) is 12.1 Å². The van der Waals surface area contributed by atoms with E-state index in [0.717, 1.165) is 52.9 Å². The van der Waals surface area contributed by atoms with Crippen molar-refractivity contribution in [1.29, 1.82) is 0 Å². The van der Waals surface area contributed by atoms with Crippen LogP contribution in [0.1, 0.15) is 42.4 Å². The van der Waals surface area contributed by atoms with Gasteiger partial charge < -0.3 is 10.2 Å². The third-order valence-corrected chi connectivity index (χ3v) is 8.31. The number of anilines is 1. The number of hydrogen-bond acceptors (Lipinski definition) is 4. The van der Waals surface area contributed by atoms with Crippen molar-refractivity contribution in [3.63, 3.8) is 0 Å². The van der Waals surface area contributed by atoms with E-state index in [1.54, 1.807) is 17.0 Å². The van der Waals surface area contributed by atoms with Gasteiger partial charge >= 0.3 is 0 Å². The molecule has 2 amide bonds. The van der Waals surface area contributed by atoms with E-state index in [4.69, 9.17) is 0 Å². The molecule has 206 valence electrons. The summed E-state index contributed by atoms with van der Waals surface area (Å²) in [5, 5.41) is 3.18. The fourth-order valence-corrected chi connectivity index (χ4v) is 5.88. The van der Waals surface area contributed by atoms with Crippen LogP contribution in [0.5, 0.6) is 0 Å². The molecule has 0 saturated heterocycles. The molecule has 3 aromatic carbocycles. The Morgan fingerprint density at radius 2 is 1.44 bits per heavy atom. The second-order valence-corrected chi connectivity index (χ2v) is 12.2. The molecule has 0 aliphatic heterocycles. The first-order chi connectivity index (χ1) is 18.7. The summed E-state index contributed by atoms with van der Waals surface area (Å²) in [4.78, 5) is 29.4. The van der Waals surface area contributed by atoms with Crippen LogP contribution < -0.4 is 9.62 Å². The number of amides is 2. The fraction of sp³-hybridized carbons (Fsp3) is 0.355. The van der Waals surface area contributed by atoms with E-state index in [1.165, 1.54) is 0 Å². The number of sulfonamides is 1. The van der Waals surface area contributed by atoms with Crippen molar-refractivity contribution in [2.24, 2.45) is 0 Å². The minimum atomic E-state index is -3.77. The first kappa shape index (κ1) is 28.4. The molecule has 0 spiro atoms. The molecule has 1 N–H and O–H groups in total. The zero-order valence-electron chi connectivity index (χ0n) is 22.6. The molecule has 8 heteroatoms. The maximum absolute atomic E-state index is 14.1. The minimum Gasteiger partial charge on any atom is -0.352 e. The predicted octanol–water partition coefficient (Wildman–Crippen LogP) is 4.46. The molecule has 4 rings (SSSR count). The summed E-state index contributed by atoms with van der Waals surface area (Å²) in [5.41, 5.74) is 3.18. The maximum Gasteiger partial charge on any atom is 0.244 e. The van der Waals surface area contributed by atoms with Crippen molar-refractivity contribution < 1.29 is 18.0 Å². The lowest BCUT2D eigenvalue weighted by Gasteiger charge is -2.34. The average molecular weight is 548 g/mol. The number of aryl methyl sites for hydroxylation is 1. The zero-order valence-corrected chi connectivity index (χ0v) is 23.4. The Labute approximate surface area is 231 Å². The highest BCUT2D eigenvalue weighted by Crippen LogP contribution is 2.22. The molecule has 1 aliphatic carbocycles. The number of carbonyl (C=O) groups is 2. The van der Waals surface area contributed by atoms with E-state index in [2.05, 4.69) is 5.32 Å². The second kappa shape index (κ2) is 12.9. The van der Waals surface area contributed by atoms with Crippen LogP contribution >= 0.6 is 0 Å². The Hall–Kier alpha value is -3.65. The summed E-state index contributed by atoms with van der Waals surface area (Å²) >= 11 is 0. The molecular formula is C31H37N3O4S. The normalized spacial score (nSPS) is 14.5. The van der Waals surface area contributed by atoms with Crippen LogP contribution in [0, 0.1) is 6.92 Å². The van der Waals surface area contributed by atoms with E-state index in [9.17, 15) is 18.0 Å². The van der Waals surface area contributed by atoms with Crippen molar-refractivity contribution >= 4 is 27.5 Å². The molecule has 1 aliphatic rings. The number of rotatable bonds is 11. The topological polar surface area (TPSA) is 86.8 Å². The Balaban J connectivity index is 1.70. The maximum atomic E-state index is 14.1. The molecule has 0 radical (unpaired) electrons. The van der Waals surface area contributed by atoms with Gasteiger partial charge in [0.1, 0.15) is 12.6 Å². The van der Waals surface area contributed by atoms with Gasteiger partial charge in [0.25, 0.3) is 0 Å². The van der Waals surface area contributed by atoms with E-state index in [1.807, 2.05) is 79.7 Å². The highest BCUT2D eigenvalue weighted by atomic mass is 32.2. The van der Waals surface area contributed by atoms with Gasteiger partial charge in [-0.05, 0) is 43.0 Å². The molecule has 3 aromatic rings. The fourth-order valence-electron chi connectivity index (χ4n) is 5.03. The molecule has 1 atom stereocenters. The number of benzene rings is 3. The summed E-state index contributed by atoms with van der Waals surface area (Å²) in [6.45, 7) is 1.69. The largest absolute Gasteiger partial charge is 0.352 e. The van der Waals surface area contributed by atoms with Crippen LogP contribution in [0.3, 0.4) is 0 Å². The summed E-state index contributed by atoms with van der Waals surface area (Å²) in [6, 6.07) is 25.4. The van der Waals surface area contributed by atoms with E-state index < -0.39 is 28.5 Å².